The van der Waals surface area contributed by atoms with Crippen molar-refractivity contribution >= 4 is 17.7 Å². The molecule has 3 rings (SSSR count). The predicted molar refractivity (Wildman–Crippen MR) is 91.7 cm³/mol. The fraction of sp³-hybridized carbons (Fsp3) is 0.556. The van der Waals surface area contributed by atoms with Crippen LogP contribution in [0.25, 0.3) is 0 Å². The van der Waals surface area contributed by atoms with Gasteiger partial charge < -0.3 is 15.1 Å². The first kappa shape index (κ1) is 17.4. The van der Waals surface area contributed by atoms with Crippen molar-refractivity contribution in [2.24, 2.45) is 5.41 Å². The van der Waals surface area contributed by atoms with Gasteiger partial charge in [-0.15, -0.1) is 0 Å². The smallest absolute Gasteiger partial charge is 0.253 e. The monoisotopic (exact) mass is 344 g/mol. The second kappa shape index (κ2) is 6.82. The lowest BCUT2D eigenvalue weighted by Gasteiger charge is -2.23. The van der Waals surface area contributed by atoms with Crippen LogP contribution >= 0.6 is 0 Å². The second-order valence-corrected chi connectivity index (χ2v) is 6.73. The van der Waals surface area contributed by atoms with Gasteiger partial charge in [-0.2, -0.15) is 0 Å². The molecule has 7 heteroatoms. The molecule has 1 aromatic heterocycles. The van der Waals surface area contributed by atoms with E-state index in [4.69, 9.17) is 0 Å². The molecule has 0 aliphatic carbocycles. The third-order valence-electron chi connectivity index (χ3n) is 5.32. The Bertz CT molecular complexity index is 674. The Morgan fingerprint density at radius 1 is 1.32 bits per heavy atom. The van der Waals surface area contributed by atoms with Gasteiger partial charge in [-0.25, -0.2) is 0 Å². The van der Waals surface area contributed by atoms with Crippen LogP contribution in [0.2, 0.25) is 0 Å². The highest BCUT2D eigenvalue weighted by Crippen LogP contribution is 2.40. The molecule has 25 heavy (non-hydrogen) atoms. The van der Waals surface area contributed by atoms with Crippen LogP contribution in [0.5, 0.6) is 0 Å². The van der Waals surface area contributed by atoms with E-state index in [0.717, 1.165) is 0 Å². The second-order valence-electron chi connectivity index (χ2n) is 6.73. The van der Waals surface area contributed by atoms with Crippen molar-refractivity contribution in [3.8, 4) is 0 Å². The van der Waals surface area contributed by atoms with E-state index in [0.29, 0.717) is 44.6 Å². The van der Waals surface area contributed by atoms with Gasteiger partial charge in [-0.05, 0) is 38.8 Å². The molecule has 3 heterocycles. The van der Waals surface area contributed by atoms with E-state index in [1.165, 1.54) is 0 Å². The van der Waals surface area contributed by atoms with Crippen LogP contribution < -0.4 is 5.32 Å². The fourth-order valence-corrected chi connectivity index (χ4v) is 3.83. The summed E-state index contributed by atoms with van der Waals surface area (Å²) in [6.45, 7) is 6.00. The number of aromatic nitrogens is 1. The third kappa shape index (κ3) is 3.10. The first-order valence-corrected chi connectivity index (χ1v) is 8.80. The van der Waals surface area contributed by atoms with Crippen LogP contribution in [0, 0.1) is 5.41 Å². The zero-order chi connectivity index (χ0) is 18.0. The highest BCUT2D eigenvalue weighted by Gasteiger charge is 2.53. The number of likely N-dealkylation sites (tertiary alicyclic amines) is 1. The van der Waals surface area contributed by atoms with Gasteiger partial charge >= 0.3 is 0 Å². The van der Waals surface area contributed by atoms with Gasteiger partial charge in [-0.3, -0.25) is 19.4 Å². The summed E-state index contributed by atoms with van der Waals surface area (Å²) in [4.78, 5) is 45.1. The van der Waals surface area contributed by atoms with E-state index >= 15 is 0 Å². The number of nitrogens with zero attached hydrogens (tertiary/aromatic N) is 3. The van der Waals surface area contributed by atoms with E-state index in [9.17, 15) is 14.4 Å². The minimum Gasteiger partial charge on any atom is -0.344 e. The maximum atomic E-state index is 12.6. The number of rotatable bonds is 4. The first-order valence-electron chi connectivity index (χ1n) is 8.80. The maximum absolute atomic E-state index is 12.6. The number of carbonyl (C=O) groups is 3. The summed E-state index contributed by atoms with van der Waals surface area (Å²) in [5.74, 6) is -0.234. The standard InChI is InChI=1S/C18H24N4O3/c1-3-21(4-2)16(24)14-11-18(17(25)20-14)7-10-22(12-18)15(23)13-5-8-19-9-6-13/h5-6,8-9,14H,3-4,7,10-12H2,1-2H3,(H,20,25)/t14-,18-/m0/s1. The van der Waals surface area contributed by atoms with Gasteiger partial charge in [0.1, 0.15) is 6.04 Å². The molecule has 1 spiro atoms. The van der Waals surface area contributed by atoms with Crippen molar-refractivity contribution in [3.63, 3.8) is 0 Å². The third-order valence-corrected chi connectivity index (χ3v) is 5.32. The molecule has 0 aromatic carbocycles. The molecular weight excluding hydrogens is 320 g/mol. The van der Waals surface area contributed by atoms with Crippen molar-refractivity contribution in [1.82, 2.24) is 20.1 Å². The van der Waals surface area contributed by atoms with E-state index in [2.05, 4.69) is 10.3 Å². The molecule has 0 saturated carbocycles. The van der Waals surface area contributed by atoms with E-state index < -0.39 is 11.5 Å². The molecule has 3 amide bonds. The van der Waals surface area contributed by atoms with Crippen molar-refractivity contribution in [2.45, 2.75) is 32.7 Å². The molecule has 2 fully saturated rings. The Labute approximate surface area is 147 Å². The summed E-state index contributed by atoms with van der Waals surface area (Å²) in [6, 6.07) is 2.87. The molecule has 0 bridgehead atoms. The molecule has 1 N–H and O–H groups in total. The Balaban J connectivity index is 1.70. The molecule has 0 radical (unpaired) electrons. The summed E-state index contributed by atoms with van der Waals surface area (Å²) >= 11 is 0. The number of pyridine rings is 1. The fourth-order valence-electron chi connectivity index (χ4n) is 3.83. The Hall–Kier alpha value is -2.44. The summed E-state index contributed by atoms with van der Waals surface area (Å²) in [6.07, 6.45) is 4.22. The topological polar surface area (TPSA) is 82.6 Å². The molecule has 2 aliphatic heterocycles. The summed E-state index contributed by atoms with van der Waals surface area (Å²) in [5.41, 5.74) is -0.0721. The molecule has 1 aromatic rings. The SMILES string of the molecule is CCN(CC)C(=O)[C@@H]1C[C@]2(CCN(C(=O)c3ccncc3)C2)C(=O)N1. The summed E-state index contributed by atoms with van der Waals surface area (Å²) in [5, 5.41) is 2.86. The highest BCUT2D eigenvalue weighted by atomic mass is 16.2. The Kier molecular flexibility index (Phi) is 4.74. The van der Waals surface area contributed by atoms with Crippen LogP contribution in [0.1, 0.15) is 37.0 Å². The van der Waals surface area contributed by atoms with Gasteiger partial charge in [0, 0.05) is 44.1 Å². The Morgan fingerprint density at radius 3 is 2.64 bits per heavy atom. The van der Waals surface area contributed by atoms with Crippen molar-refractivity contribution in [3.05, 3.63) is 30.1 Å². The van der Waals surface area contributed by atoms with Crippen LogP contribution in [-0.4, -0.2) is 64.7 Å². The summed E-state index contributed by atoms with van der Waals surface area (Å²) in [7, 11) is 0. The van der Waals surface area contributed by atoms with E-state index in [-0.39, 0.29) is 17.7 Å². The van der Waals surface area contributed by atoms with Crippen molar-refractivity contribution < 1.29 is 14.4 Å². The predicted octanol–water partition coefficient (Wildman–Crippen LogP) is 0.671. The average molecular weight is 344 g/mol. The zero-order valence-corrected chi connectivity index (χ0v) is 14.7. The molecular formula is C18H24N4O3. The van der Waals surface area contributed by atoms with Crippen LogP contribution in [-0.2, 0) is 9.59 Å². The molecule has 134 valence electrons. The minimum atomic E-state index is -0.643. The number of nitrogens with one attached hydrogen (secondary N) is 1. The number of carbonyl (C=O) groups excluding carboxylic acids is 3. The number of likely N-dealkylation sites (N-methyl/N-ethyl adjacent to an activating group) is 1. The first-order chi connectivity index (χ1) is 12.0. The molecule has 0 unspecified atom stereocenters. The van der Waals surface area contributed by atoms with Gasteiger partial charge in [0.15, 0.2) is 0 Å². The van der Waals surface area contributed by atoms with E-state index in [1.54, 1.807) is 34.3 Å². The van der Waals surface area contributed by atoms with Crippen molar-refractivity contribution in [2.75, 3.05) is 26.2 Å². The van der Waals surface area contributed by atoms with Crippen LogP contribution in [0.3, 0.4) is 0 Å². The number of hydrogen-bond acceptors (Lipinski definition) is 4. The quantitative estimate of drug-likeness (QED) is 0.870. The number of hydrogen-bond donors (Lipinski definition) is 1. The molecule has 2 atom stereocenters. The highest BCUT2D eigenvalue weighted by molar-refractivity contribution is 5.97. The zero-order valence-electron chi connectivity index (χ0n) is 14.7. The lowest BCUT2D eigenvalue weighted by atomic mass is 9.83. The lowest BCUT2D eigenvalue weighted by molar-refractivity contribution is -0.134. The number of amides is 3. The summed E-state index contributed by atoms with van der Waals surface area (Å²) < 4.78 is 0. The average Bonchev–Trinajstić information content (AvgIpc) is 3.21. The molecule has 2 aliphatic rings. The minimum absolute atomic E-state index is 0.0332. The maximum Gasteiger partial charge on any atom is 0.253 e. The van der Waals surface area contributed by atoms with Crippen LogP contribution in [0.15, 0.2) is 24.5 Å². The molecule has 2 saturated heterocycles. The van der Waals surface area contributed by atoms with Crippen molar-refractivity contribution in [1.29, 1.82) is 0 Å². The largest absolute Gasteiger partial charge is 0.344 e. The van der Waals surface area contributed by atoms with E-state index in [1.807, 2.05) is 13.8 Å². The normalized spacial score (nSPS) is 25.3. The van der Waals surface area contributed by atoms with Gasteiger partial charge in [0.05, 0.1) is 5.41 Å². The van der Waals surface area contributed by atoms with Gasteiger partial charge in [0.2, 0.25) is 11.8 Å². The van der Waals surface area contributed by atoms with Crippen LogP contribution in [0.4, 0.5) is 0 Å². The lowest BCUT2D eigenvalue weighted by Crippen LogP contribution is -2.44. The molecule has 7 nitrogen and oxygen atoms in total. The van der Waals surface area contributed by atoms with Gasteiger partial charge in [-0.1, -0.05) is 0 Å². The van der Waals surface area contributed by atoms with Gasteiger partial charge in [0.25, 0.3) is 5.91 Å². The Morgan fingerprint density at radius 2 is 2.00 bits per heavy atom.